The second-order valence-corrected chi connectivity index (χ2v) is 9.33. The summed E-state index contributed by atoms with van der Waals surface area (Å²) >= 11 is 0. The number of ether oxygens (including phenoxy) is 2. The van der Waals surface area contributed by atoms with Gasteiger partial charge in [0.2, 0.25) is 0 Å². The van der Waals surface area contributed by atoms with Crippen LogP contribution in [0.3, 0.4) is 0 Å². The lowest BCUT2D eigenvalue weighted by molar-refractivity contribution is 0.0206. The molecule has 4 rings (SSSR count). The zero-order valence-corrected chi connectivity index (χ0v) is 19.3. The fourth-order valence-electron chi connectivity index (χ4n) is 4.03. The summed E-state index contributed by atoms with van der Waals surface area (Å²) in [7, 11) is 1.67. The number of hydrogen-bond donors (Lipinski definition) is 1. The Hall–Kier alpha value is -3.22. The van der Waals surface area contributed by atoms with Crippen molar-refractivity contribution in [2.75, 3.05) is 25.5 Å². The van der Waals surface area contributed by atoms with Gasteiger partial charge in [-0.2, -0.15) is 5.10 Å². The van der Waals surface area contributed by atoms with Crippen LogP contribution >= 0.6 is 0 Å². The number of carbonyl (C=O) groups excluding carboxylic acids is 1. The topological polar surface area (TPSA) is 68.6 Å². The molecule has 3 aromatic rings. The van der Waals surface area contributed by atoms with Crippen molar-refractivity contribution in [3.63, 3.8) is 0 Å². The third kappa shape index (κ3) is 5.33. The first-order valence-corrected chi connectivity index (χ1v) is 11.1. The van der Waals surface area contributed by atoms with Gasteiger partial charge in [0.25, 0.3) is 0 Å². The second-order valence-electron chi connectivity index (χ2n) is 9.33. The molecule has 7 nitrogen and oxygen atoms in total. The zero-order chi connectivity index (χ0) is 22.7. The van der Waals surface area contributed by atoms with Crippen molar-refractivity contribution < 1.29 is 14.3 Å². The van der Waals surface area contributed by atoms with E-state index in [-0.39, 0.29) is 12.1 Å². The third-order valence-electron chi connectivity index (χ3n) is 5.58. The maximum absolute atomic E-state index is 12.4. The first kappa shape index (κ1) is 22.0. The van der Waals surface area contributed by atoms with Crippen molar-refractivity contribution in [1.82, 2.24) is 14.7 Å². The third-order valence-corrected chi connectivity index (χ3v) is 5.58. The number of nitrogens with zero attached hydrogens (tertiary/aromatic N) is 3. The van der Waals surface area contributed by atoms with E-state index in [1.165, 1.54) is 5.56 Å². The van der Waals surface area contributed by atoms with Gasteiger partial charge in [0.05, 0.1) is 25.4 Å². The van der Waals surface area contributed by atoms with Gasteiger partial charge in [-0.05, 0) is 69.5 Å². The minimum absolute atomic E-state index is 0.197. The van der Waals surface area contributed by atoms with Crippen LogP contribution in [0.1, 0.15) is 39.2 Å². The van der Waals surface area contributed by atoms with Gasteiger partial charge < -0.3 is 19.7 Å². The SMILES string of the molecule is COc1ccc(Cn2ncc3cc(N[C@@H]4CCCN(C(=O)OC(C)(C)C)C4)ccc32)cc1. The van der Waals surface area contributed by atoms with Crippen molar-refractivity contribution >= 4 is 22.7 Å². The summed E-state index contributed by atoms with van der Waals surface area (Å²) in [6.07, 6.45) is 3.64. The van der Waals surface area contributed by atoms with Crippen LogP contribution in [-0.4, -0.2) is 52.6 Å². The lowest BCUT2D eigenvalue weighted by Gasteiger charge is -2.34. The number of likely N-dealkylation sites (tertiary alicyclic amines) is 1. The Morgan fingerprint density at radius 3 is 2.69 bits per heavy atom. The van der Waals surface area contributed by atoms with Crippen LogP contribution < -0.4 is 10.1 Å². The normalized spacial score (nSPS) is 16.8. The van der Waals surface area contributed by atoms with E-state index in [0.29, 0.717) is 13.1 Å². The van der Waals surface area contributed by atoms with E-state index in [1.54, 1.807) is 12.0 Å². The van der Waals surface area contributed by atoms with Gasteiger partial charge in [-0.15, -0.1) is 0 Å². The molecule has 1 fully saturated rings. The second kappa shape index (κ2) is 9.10. The molecular formula is C25H32N4O3. The first-order valence-electron chi connectivity index (χ1n) is 11.1. The monoisotopic (exact) mass is 436 g/mol. The van der Waals surface area contributed by atoms with Gasteiger partial charge in [0.1, 0.15) is 11.4 Å². The van der Waals surface area contributed by atoms with E-state index in [0.717, 1.165) is 41.7 Å². The molecule has 1 amide bonds. The highest BCUT2D eigenvalue weighted by Crippen LogP contribution is 2.23. The standard InChI is InChI=1S/C25H32N4O3/c1-25(2,3)32-24(30)28-13-5-6-21(17-28)27-20-9-12-23-19(14-20)15-26-29(23)16-18-7-10-22(31-4)11-8-18/h7-12,14-15,21,27H,5-6,13,16-17H2,1-4H3/t21-/m1/s1. The van der Waals surface area contributed by atoms with Gasteiger partial charge >= 0.3 is 6.09 Å². The van der Waals surface area contributed by atoms with Crippen molar-refractivity contribution in [1.29, 1.82) is 0 Å². The van der Waals surface area contributed by atoms with Crippen molar-refractivity contribution in [2.45, 2.75) is 51.8 Å². The molecule has 1 aliphatic heterocycles. The fraction of sp³-hybridized carbons (Fsp3) is 0.440. The Bertz CT molecular complexity index is 1070. The predicted molar refractivity (Wildman–Crippen MR) is 126 cm³/mol. The first-order chi connectivity index (χ1) is 15.3. The average Bonchev–Trinajstić information content (AvgIpc) is 3.15. The van der Waals surface area contributed by atoms with Crippen LogP contribution in [-0.2, 0) is 11.3 Å². The molecule has 1 atom stereocenters. The Balaban J connectivity index is 1.41. The minimum atomic E-state index is -0.478. The lowest BCUT2D eigenvalue weighted by Crippen LogP contribution is -2.46. The number of rotatable bonds is 5. The Morgan fingerprint density at radius 1 is 1.19 bits per heavy atom. The van der Waals surface area contributed by atoms with Gasteiger partial charge in [0, 0.05) is 30.2 Å². The summed E-state index contributed by atoms with van der Waals surface area (Å²) in [4.78, 5) is 14.2. The highest BCUT2D eigenvalue weighted by Gasteiger charge is 2.27. The Morgan fingerprint density at radius 2 is 1.97 bits per heavy atom. The predicted octanol–water partition coefficient (Wildman–Crippen LogP) is 4.90. The number of piperidine rings is 1. The largest absolute Gasteiger partial charge is 0.497 e. The number of benzene rings is 2. The summed E-state index contributed by atoms with van der Waals surface area (Å²) in [5.74, 6) is 0.850. The number of hydrogen-bond acceptors (Lipinski definition) is 5. The smallest absolute Gasteiger partial charge is 0.410 e. The Kier molecular flexibility index (Phi) is 6.26. The summed E-state index contributed by atoms with van der Waals surface area (Å²) in [5.41, 5.74) is 2.82. The summed E-state index contributed by atoms with van der Waals surface area (Å²) in [6, 6.07) is 14.6. The summed E-state index contributed by atoms with van der Waals surface area (Å²) in [5, 5.41) is 9.26. The molecule has 2 aromatic carbocycles. The molecule has 0 spiro atoms. The van der Waals surface area contributed by atoms with Crippen molar-refractivity contribution in [2.24, 2.45) is 0 Å². The van der Waals surface area contributed by atoms with Crippen LogP contribution in [0.4, 0.5) is 10.5 Å². The molecule has 0 radical (unpaired) electrons. The van der Waals surface area contributed by atoms with Gasteiger partial charge in [-0.25, -0.2) is 4.79 Å². The molecule has 0 unspecified atom stereocenters. The van der Waals surface area contributed by atoms with Gasteiger partial charge in [-0.1, -0.05) is 12.1 Å². The van der Waals surface area contributed by atoms with Crippen LogP contribution in [0, 0.1) is 0 Å². The van der Waals surface area contributed by atoms with E-state index in [4.69, 9.17) is 9.47 Å². The van der Waals surface area contributed by atoms with Crippen LogP contribution in [0.25, 0.3) is 10.9 Å². The number of amides is 1. The fourth-order valence-corrected chi connectivity index (χ4v) is 4.03. The van der Waals surface area contributed by atoms with E-state index in [1.807, 2.05) is 43.8 Å². The molecule has 0 saturated carbocycles. The number of carbonyl (C=O) groups is 1. The van der Waals surface area contributed by atoms with Crippen molar-refractivity contribution in [3.05, 3.63) is 54.2 Å². The number of nitrogens with one attached hydrogen (secondary N) is 1. The van der Waals surface area contributed by atoms with E-state index >= 15 is 0 Å². The highest BCUT2D eigenvalue weighted by molar-refractivity contribution is 5.82. The molecule has 7 heteroatoms. The van der Waals surface area contributed by atoms with Gasteiger partial charge in [-0.3, -0.25) is 4.68 Å². The molecule has 0 bridgehead atoms. The summed E-state index contributed by atoms with van der Waals surface area (Å²) < 4.78 is 12.8. The minimum Gasteiger partial charge on any atom is -0.497 e. The molecule has 170 valence electrons. The van der Waals surface area contributed by atoms with Crippen LogP contribution in [0.5, 0.6) is 5.75 Å². The number of anilines is 1. The van der Waals surface area contributed by atoms with Crippen LogP contribution in [0.15, 0.2) is 48.7 Å². The maximum Gasteiger partial charge on any atom is 0.410 e. The molecule has 0 aliphatic carbocycles. The van der Waals surface area contributed by atoms with E-state index < -0.39 is 5.60 Å². The number of methoxy groups -OCH3 is 1. The average molecular weight is 437 g/mol. The lowest BCUT2D eigenvalue weighted by atomic mass is 10.1. The van der Waals surface area contributed by atoms with E-state index in [2.05, 4.69) is 40.7 Å². The molecule has 1 saturated heterocycles. The zero-order valence-electron chi connectivity index (χ0n) is 19.3. The molecule has 1 aromatic heterocycles. The van der Waals surface area contributed by atoms with E-state index in [9.17, 15) is 4.79 Å². The Labute approximate surface area is 189 Å². The molecule has 32 heavy (non-hydrogen) atoms. The van der Waals surface area contributed by atoms with Crippen molar-refractivity contribution in [3.8, 4) is 5.75 Å². The molecule has 2 heterocycles. The van der Waals surface area contributed by atoms with Gasteiger partial charge in [0.15, 0.2) is 0 Å². The highest BCUT2D eigenvalue weighted by atomic mass is 16.6. The molecule has 1 N–H and O–H groups in total. The number of fused-ring (bicyclic) bond motifs is 1. The molecular weight excluding hydrogens is 404 g/mol. The number of aromatic nitrogens is 2. The van der Waals surface area contributed by atoms with Crippen LogP contribution in [0.2, 0.25) is 0 Å². The summed E-state index contributed by atoms with van der Waals surface area (Å²) in [6.45, 7) is 7.78. The molecule has 1 aliphatic rings. The quantitative estimate of drug-likeness (QED) is 0.616. The maximum atomic E-state index is 12.4.